The maximum Gasteiger partial charge on any atom is 0.326 e. The summed E-state index contributed by atoms with van der Waals surface area (Å²) in [6.45, 7) is 1.25. The third-order valence-corrected chi connectivity index (χ3v) is 2.85. The fraction of sp³-hybridized carbons (Fsp3) is 0.727. The van der Waals surface area contributed by atoms with Crippen LogP contribution in [-0.4, -0.2) is 42.1 Å². The van der Waals surface area contributed by atoms with Gasteiger partial charge in [-0.3, -0.25) is 9.59 Å². The number of aliphatic carboxylic acids is 1. The first-order chi connectivity index (χ1) is 8.49. The summed E-state index contributed by atoms with van der Waals surface area (Å²) in [6.07, 6.45) is 1.45. The van der Waals surface area contributed by atoms with Crippen molar-refractivity contribution >= 4 is 17.8 Å². The van der Waals surface area contributed by atoms with Gasteiger partial charge in [0.15, 0.2) is 0 Å². The number of hydrogen-bond donors (Lipinski definition) is 3. The zero-order valence-electron chi connectivity index (χ0n) is 10.1. The minimum absolute atomic E-state index is 0.210. The van der Waals surface area contributed by atoms with E-state index in [4.69, 9.17) is 15.6 Å². The van der Waals surface area contributed by atoms with E-state index in [9.17, 15) is 14.4 Å². The number of carboxylic acid groups (broad SMARTS) is 1. The van der Waals surface area contributed by atoms with Gasteiger partial charge < -0.3 is 20.9 Å². The Balaban J connectivity index is 2.40. The van der Waals surface area contributed by atoms with Crippen LogP contribution in [0.5, 0.6) is 0 Å². The lowest BCUT2D eigenvalue weighted by atomic mass is 9.96. The summed E-state index contributed by atoms with van der Waals surface area (Å²) in [6, 6.07) is -1.24. The molecule has 1 atom stereocenters. The van der Waals surface area contributed by atoms with Gasteiger partial charge in [0.2, 0.25) is 11.8 Å². The van der Waals surface area contributed by atoms with Gasteiger partial charge in [0.05, 0.1) is 6.42 Å². The van der Waals surface area contributed by atoms with Gasteiger partial charge in [-0.25, -0.2) is 4.79 Å². The first-order valence-electron chi connectivity index (χ1n) is 5.87. The lowest BCUT2D eigenvalue weighted by molar-refractivity contribution is -0.143. The first-order valence-corrected chi connectivity index (χ1v) is 5.87. The van der Waals surface area contributed by atoms with Crippen LogP contribution in [0.3, 0.4) is 0 Å². The van der Waals surface area contributed by atoms with Crippen molar-refractivity contribution in [3.63, 3.8) is 0 Å². The fourth-order valence-corrected chi connectivity index (χ4v) is 1.87. The molecule has 0 spiro atoms. The normalized spacial score (nSPS) is 18.0. The largest absolute Gasteiger partial charge is 0.480 e. The molecule has 0 aromatic carbocycles. The molecule has 0 aromatic rings. The van der Waals surface area contributed by atoms with Crippen molar-refractivity contribution in [1.82, 2.24) is 5.32 Å². The van der Waals surface area contributed by atoms with Gasteiger partial charge in [-0.05, 0) is 18.8 Å². The molecule has 0 radical (unpaired) electrons. The summed E-state index contributed by atoms with van der Waals surface area (Å²) in [5, 5.41) is 11.1. The van der Waals surface area contributed by atoms with E-state index in [1.54, 1.807) is 0 Å². The maximum atomic E-state index is 11.6. The van der Waals surface area contributed by atoms with E-state index in [0.29, 0.717) is 13.2 Å². The average Bonchev–Trinajstić information content (AvgIpc) is 2.28. The van der Waals surface area contributed by atoms with E-state index >= 15 is 0 Å². The highest BCUT2D eigenvalue weighted by Gasteiger charge is 2.24. The molecule has 1 saturated heterocycles. The van der Waals surface area contributed by atoms with Gasteiger partial charge in [0.25, 0.3) is 0 Å². The second-order valence-corrected chi connectivity index (χ2v) is 4.39. The minimum atomic E-state index is -1.26. The Morgan fingerprint density at radius 2 is 1.94 bits per heavy atom. The van der Waals surface area contributed by atoms with E-state index in [2.05, 4.69) is 5.32 Å². The first kappa shape index (κ1) is 14.4. The van der Waals surface area contributed by atoms with Crippen LogP contribution >= 0.6 is 0 Å². The Labute approximate surface area is 105 Å². The van der Waals surface area contributed by atoms with Crippen LogP contribution in [0.4, 0.5) is 0 Å². The van der Waals surface area contributed by atoms with Gasteiger partial charge in [0, 0.05) is 19.6 Å². The predicted molar refractivity (Wildman–Crippen MR) is 61.5 cm³/mol. The van der Waals surface area contributed by atoms with Gasteiger partial charge in [-0.15, -0.1) is 0 Å². The summed E-state index contributed by atoms with van der Waals surface area (Å²) in [5.41, 5.74) is 4.92. The molecule has 2 amide bonds. The van der Waals surface area contributed by atoms with Crippen LogP contribution in [0.25, 0.3) is 0 Å². The van der Waals surface area contributed by atoms with Gasteiger partial charge in [0.1, 0.15) is 6.04 Å². The van der Waals surface area contributed by atoms with Crippen LogP contribution in [0.1, 0.15) is 25.7 Å². The van der Waals surface area contributed by atoms with Crippen LogP contribution in [0.2, 0.25) is 0 Å². The van der Waals surface area contributed by atoms with Crippen molar-refractivity contribution in [3.8, 4) is 0 Å². The summed E-state index contributed by atoms with van der Waals surface area (Å²) < 4.78 is 5.17. The molecule has 1 aliphatic rings. The van der Waals surface area contributed by atoms with Gasteiger partial charge in [-0.2, -0.15) is 0 Å². The number of nitrogens with one attached hydrogen (secondary N) is 1. The van der Waals surface area contributed by atoms with E-state index in [0.717, 1.165) is 12.8 Å². The minimum Gasteiger partial charge on any atom is -0.480 e. The SMILES string of the molecule is NC(=O)C[C@H](NC(=O)CC1CCOCC1)C(=O)O. The summed E-state index contributed by atoms with van der Waals surface area (Å²) >= 11 is 0. The monoisotopic (exact) mass is 258 g/mol. The van der Waals surface area contributed by atoms with E-state index in [1.807, 2.05) is 0 Å². The summed E-state index contributed by atoms with van der Waals surface area (Å²) in [4.78, 5) is 33.1. The summed E-state index contributed by atoms with van der Waals surface area (Å²) in [5.74, 6) is -2.17. The summed E-state index contributed by atoms with van der Waals surface area (Å²) in [7, 11) is 0. The van der Waals surface area contributed by atoms with Crippen molar-refractivity contribution in [2.45, 2.75) is 31.7 Å². The van der Waals surface area contributed by atoms with Crippen molar-refractivity contribution in [2.24, 2.45) is 11.7 Å². The molecule has 0 bridgehead atoms. The maximum absolute atomic E-state index is 11.6. The number of primary amides is 1. The highest BCUT2D eigenvalue weighted by atomic mass is 16.5. The number of nitrogens with two attached hydrogens (primary N) is 1. The van der Waals surface area contributed by atoms with Crippen molar-refractivity contribution in [1.29, 1.82) is 0 Å². The molecule has 0 aromatic heterocycles. The highest BCUT2D eigenvalue weighted by Crippen LogP contribution is 2.18. The Morgan fingerprint density at radius 3 is 2.44 bits per heavy atom. The molecule has 102 valence electrons. The highest BCUT2D eigenvalue weighted by molar-refractivity contribution is 5.88. The Kier molecular flexibility index (Phi) is 5.57. The van der Waals surface area contributed by atoms with Gasteiger partial charge >= 0.3 is 5.97 Å². The molecule has 0 unspecified atom stereocenters. The number of carbonyl (C=O) groups excluding carboxylic acids is 2. The Morgan fingerprint density at radius 1 is 1.33 bits per heavy atom. The van der Waals surface area contributed by atoms with E-state index < -0.39 is 24.3 Å². The Bertz CT molecular complexity index is 325. The van der Waals surface area contributed by atoms with Crippen LogP contribution in [0.15, 0.2) is 0 Å². The smallest absolute Gasteiger partial charge is 0.326 e. The zero-order chi connectivity index (χ0) is 13.5. The average molecular weight is 258 g/mol. The van der Waals surface area contributed by atoms with Crippen LogP contribution < -0.4 is 11.1 Å². The molecule has 7 nitrogen and oxygen atoms in total. The topological polar surface area (TPSA) is 119 Å². The number of carbonyl (C=O) groups is 3. The third-order valence-electron chi connectivity index (χ3n) is 2.85. The van der Waals surface area contributed by atoms with Crippen molar-refractivity contribution in [3.05, 3.63) is 0 Å². The molecule has 18 heavy (non-hydrogen) atoms. The number of hydrogen-bond acceptors (Lipinski definition) is 4. The zero-order valence-corrected chi connectivity index (χ0v) is 10.1. The van der Waals surface area contributed by atoms with Crippen molar-refractivity contribution < 1.29 is 24.2 Å². The number of amides is 2. The Hall–Kier alpha value is -1.63. The van der Waals surface area contributed by atoms with E-state index in [1.165, 1.54) is 0 Å². The number of ether oxygens (including phenoxy) is 1. The third kappa shape index (κ3) is 5.13. The van der Waals surface area contributed by atoms with Crippen LogP contribution in [-0.2, 0) is 19.1 Å². The van der Waals surface area contributed by atoms with Crippen LogP contribution in [0, 0.1) is 5.92 Å². The molecule has 1 heterocycles. The molecule has 1 fully saturated rings. The molecule has 1 rings (SSSR count). The lowest BCUT2D eigenvalue weighted by Gasteiger charge is -2.22. The molecule has 7 heteroatoms. The molecule has 4 N–H and O–H groups in total. The standard InChI is InChI=1S/C11H18N2O5/c12-9(14)6-8(11(16)17)13-10(15)5-7-1-3-18-4-2-7/h7-8H,1-6H2,(H2,12,14)(H,13,15)(H,16,17)/t8-/m0/s1. The molecular formula is C11H18N2O5. The predicted octanol–water partition coefficient (Wildman–Crippen LogP) is -0.752. The second kappa shape index (κ2) is 6.95. The van der Waals surface area contributed by atoms with Crippen molar-refractivity contribution in [2.75, 3.05) is 13.2 Å². The number of rotatable bonds is 6. The van der Waals surface area contributed by atoms with Gasteiger partial charge in [-0.1, -0.05) is 0 Å². The second-order valence-electron chi connectivity index (χ2n) is 4.39. The number of carboxylic acids is 1. The molecule has 1 aliphatic heterocycles. The molecular weight excluding hydrogens is 240 g/mol. The fourth-order valence-electron chi connectivity index (χ4n) is 1.87. The quantitative estimate of drug-likeness (QED) is 0.579. The molecule has 0 aliphatic carbocycles. The molecule has 0 saturated carbocycles. The van der Waals surface area contributed by atoms with E-state index in [-0.39, 0.29) is 18.2 Å². The lowest BCUT2D eigenvalue weighted by Crippen LogP contribution is -2.44.